The standard InChI is InChI=1S/C12H18N2/c1-13-11-4-5-12(13)10(8-11)9-14-6-2-3-7-14/h2-3,6-7,10-12H,4-5,8-9H2,1H3. The molecule has 1 aromatic rings. The molecule has 0 spiro atoms. The van der Waals surface area contributed by atoms with Crippen molar-refractivity contribution in [2.75, 3.05) is 7.05 Å². The number of hydrogen-bond acceptors (Lipinski definition) is 1. The molecule has 76 valence electrons. The Hall–Kier alpha value is -0.760. The summed E-state index contributed by atoms with van der Waals surface area (Å²) in [5, 5.41) is 0. The van der Waals surface area contributed by atoms with E-state index in [1.54, 1.807) is 0 Å². The number of nitrogens with zero attached hydrogens (tertiary/aromatic N) is 2. The first-order chi connectivity index (χ1) is 6.84. The van der Waals surface area contributed by atoms with Gasteiger partial charge in [0.1, 0.15) is 0 Å². The molecule has 0 amide bonds. The molecule has 3 rings (SSSR count). The zero-order valence-corrected chi connectivity index (χ0v) is 8.76. The van der Waals surface area contributed by atoms with Crippen LogP contribution in [0.5, 0.6) is 0 Å². The summed E-state index contributed by atoms with van der Waals surface area (Å²) in [6, 6.07) is 6.00. The molecule has 1 aromatic heterocycles. The summed E-state index contributed by atoms with van der Waals surface area (Å²) < 4.78 is 2.33. The lowest BCUT2D eigenvalue weighted by atomic mass is 9.89. The second kappa shape index (κ2) is 3.13. The first-order valence-electron chi connectivity index (χ1n) is 5.67. The predicted octanol–water partition coefficient (Wildman–Crippen LogP) is 1.97. The topological polar surface area (TPSA) is 8.17 Å². The summed E-state index contributed by atoms with van der Waals surface area (Å²) in [5.41, 5.74) is 0. The van der Waals surface area contributed by atoms with E-state index in [1.807, 2.05) is 0 Å². The van der Waals surface area contributed by atoms with Gasteiger partial charge in [-0.15, -0.1) is 0 Å². The highest BCUT2D eigenvalue weighted by Crippen LogP contribution is 2.40. The Balaban J connectivity index is 1.71. The summed E-state index contributed by atoms with van der Waals surface area (Å²) in [6.07, 6.45) is 8.65. The minimum absolute atomic E-state index is 0.863. The van der Waals surface area contributed by atoms with Crippen molar-refractivity contribution in [1.82, 2.24) is 9.47 Å². The Labute approximate surface area is 85.5 Å². The van der Waals surface area contributed by atoms with E-state index in [0.717, 1.165) is 18.0 Å². The molecule has 2 bridgehead atoms. The van der Waals surface area contributed by atoms with E-state index < -0.39 is 0 Å². The van der Waals surface area contributed by atoms with Gasteiger partial charge in [0.25, 0.3) is 0 Å². The Bertz CT molecular complexity index is 304. The molecular formula is C12H18N2. The van der Waals surface area contributed by atoms with E-state index in [4.69, 9.17) is 0 Å². The average molecular weight is 190 g/mol. The van der Waals surface area contributed by atoms with Gasteiger partial charge in [-0.3, -0.25) is 0 Å². The molecule has 0 N–H and O–H groups in total. The van der Waals surface area contributed by atoms with E-state index in [-0.39, 0.29) is 0 Å². The highest BCUT2D eigenvalue weighted by Gasteiger charge is 2.43. The van der Waals surface area contributed by atoms with Gasteiger partial charge in [0.05, 0.1) is 0 Å². The van der Waals surface area contributed by atoms with E-state index >= 15 is 0 Å². The molecule has 0 saturated carbocycles. The maximum absolute atomic E-state index is 2.61. The van der Waals surface area contributed by atoms with Gasteiger partial charge < -0.3 is 9.47 Å². The lowest BCUT2D eigenvalue weighted by Crippen LogP contribution is -2.27. The van der Waals surface area contributed by atoms with Crippen LogP contribution < -0.4 is 0 Å². The summed E-state index contributed by atoms with van der Waals surface area (Å²) in [4.78, 5) is 2.61. The van der Waals surface area contributed by atoms with Crippen LogP contribution in [0.15, 0.2) is 24.5 Å². The molecule has 0 aliphatic carbocycles. The smallest absolute Gasteiger partial charge is 0.0263 e. The first kappa shape index (κ1) is 8.54. The zero-order valence-electron chi connectivity index (χ0n) is 8.76. The second-order valence-electron chi connectivity index (χ2n) is 4.84. The molecule has 2 aliphatic heterocycles. The van der Waals surface area contributed by atoms with Crippen LogP contribution >= 0.6 is 0 Å². The maximum atomic E-state index is 2.61. The number of hydrogen-bond donors (Lipinski definition) is 0. The van der Waals surface area contributed by atoms with E-state index in [2.05, 4.69) is 41.0 Å². The molecule has 2 heteroatoms. The van der Waals surface area contributed by atoms with Gasteiger partial charge in [0.2, 0.25) is 0 Å². The fraction of sp³-hybridized carbons (Fsp3) is 0.667. The molecule has 0 radical (unpaired) electrons. The summed E-state index contributed by atoms with van der Waals surface area (Å²) in [7, 11) is 2.30. The lowest BCUT2D eigenvalue weighted by Gasteiger charge is -2.21. The van der Waals surface area contributed by atoms with Crippen LogP contribution in [-0.2, 0) is 6.54 Å². The SMILES string of the molecule is CN1C2CCC1C(Cn1cccc1)C2. The molecule has 3 heterocycles. The largest absolute Gasteiger partial charge is 0.354 e. The van der Waals surface area contributed by atoms with Crippen molar-refractivity contribution in [1.29, 1.82) is 0 Å². The molecule has 2 saturated heterocycles. The van der Waals surface area contributed by atoms with E-state index in [9.17, 15) is 0 Å². The van der Waals surface area contributed by atoms with Crippen molar-refractivity contribution in [2.24, 2.45) is 5.92 Å². The molecule has 14 heavy (non-hydrogen) atoms. The third-order valence-electron chi connectivity index (χ3n) is 4.13. The first-order valence-corrected chi connectivity index (χ1v) is 5.67. The summed E-state index contributed by atoms with van der Waals surface area (Å²) in [6.45, 7) is 1.22. The van der Waals surface area contributed by atoms with E-state index in [1.165, 1.54) is 25.8 Å². The molecular weight excluding hydrogens is 172 g/mol. The maximum Gasteiger partial charge on any atom is 0.0263 e. The predicted molar refractivity (Wildman–Crippen MR) is 57.1 cm³/mol. The molecule has 2 fully saturated rings. The average Bonchev–Trinajstić information content (AvgIpc) is 2.85. The Morgan fingerprint density at radius 1 is 1.21 bits per heavy atom. The molecule has 3 atom stereocenters. The zero-order chi connectivity index (χ0) is 9.54. The van der Waals surface area contributed by atoms with Crippen molar-refractivity contribution >= 4 is 0 Å². The summed E-state index contributed by atoms with van der Waals surface area (Å²) >= 11 is 0. The van der Waals surface area contributed by atoms with Crippen molar-refractivity contribution < 1.29 is 0 Å². The van der Waals surface area contributed by atoms with Crippen LogP contribution in [0.2, 0.25) is 0 Å². The van der Waals surface area contributed by atoms with Crippen molar-refractivity contribution in [3.8, 4) is 0 Å². The van der Waals surface area contributed by atoms with Crippen LogP contribution in [-0.4, -0.2) is 28.6 Å². The van der Waals surface area contributed by atoms with Gasteiger partial charge in [0.15, 0.2) is 0 Å². The fourth-order valence-corrected chi connectivity index (χ4v) is 3.36. The van der Waals surface area contributed by atoms with Crippen molar-refractivity contribution in [3.05, 3.63) is 24.5 Å². The normalized spacial score (nSPS) is 36.8. The van der Waals surface area contributed by atoms with Gasteiger partial charge in [-0.25, -0.2) is 0 Å². The Morgan fingerprint density at radius 3 is 2.57 bits per heavy atom. The lowest BCUT2D eigenvalue weighted by molar-refractivity contribution is 0.276. The molecule has 2 aliphatic rings. The summed E-state index contributed by atoms with van der Waals surface area (Å²) in [5.74, 6) is 0.895. The molecule has 3 unspecified atom stereocenters. The van der Waals surface area contributed by atoms with Gasteiger partial charge in [-0.1, -0.05) is 0 Å². The Kier molecular flexibility index (Phi) is 1.91. The van der Waals surface area contributed by atoms with Gasteiger partial charge in [0, 0.05) is 31.0 Å². The third-order valence-corrected chi connectivity index (χ3v) is 4.13. The van der Waals surface area contributed by atoms with Crippen LogP contribution in [0.4, 0.5) is 0 Å². The minimum atomic E-state index is 0.863. The van der Waals surface area contributed by atoms with E-state index in [0.29, 0.717) is 0 Å². The van der Waals surface area contributed by atoms with Crippen LogP contribution in [0, 0.1) is 5.92 Å². The van der Waals surface area contributed by atoms with Gasteiger partial charge >= 0.3 is 0 Å². The fourth-order valence-electron chi connectivity index (χ4n) is 3.36. The molecule has 2 nitrogen and oxygen atoms in total. The third kappa shape index (κ3) is 1.21. The quantitative estimate of drug-likeness (QED) is 0.692. The van der Waals surface area contributed by atoms with Crippen molar-refractivity contribution in [2.45, 2.75) is 37.9 Å². The van der Waals surface area contributed by atoms with Crippen molar-refractivity contribution in [3.63, 3.8) is 0 Å². The van der Waals surface area contributed by atoms with Crippen LogP contribution in [0.25, 0.3) is 0 Å². The number of aromatic nitrogens is 1. The van der Waals surface area contributed by atoms with Gasteiger partial charge in [-0.05, 0) is 44.4 Å². The van der Waals surface area contributed by atoms with Crippen LogP contribution in [0.3, 0.4) is 0 Å². The number of fused-ring (bicyclic) bond motifs is 2. The van der Waals surface area contributed by atoms with Crippen LogP contribution in [0.1, 0.15) is 19.3 Å². The highest BCUT2D eigenvalue weighted by atomic mass is 15.2. The second-order valence-corrected chi connectivity index (χ2v) is 4.84. The Morgan fingerprint density at radius 2 is 2.00 bits per heavy atom. The molecule has 0 aromatic carbocycles. The highest BCUT2D eigenvalue weighted by molar-refractivity contribution is 5.00. The number of rotatable bonds is 2. The van der Waals surface area contributed by atoms with Gasteiger partial charge in [-0.2, -0.15) is 0 Å². The minimum Gasteiger partial charge on any atom is -0.354 e. The monoisotopic (exact) mass is 190 g/mol.